The Kier molecular flexibility index (Phi) is 6.38. The molecule has 19 heavy (non-hydrogen) atoms. The summed E-state index contributed by atoms with van der Waals surface area (Å²) in [5, 5.41) is 18.9. The van der Waals surface area contributed by atoms with E-state index in [-0.39, 0.29) is 12.8 Å². The van der Waals surface area contributed by atoms with Gasteiger partial charge in [0.05, 0.1) is 0 Å². The van der Waals surface area contributed by atoms with Crippen LogP contribution in [0.25, 0.3) is 0 Å². The van der Waals surface area contributed by atoms with Crippen molar-refractivity contribution in [3.63, 3.8) is 0 Å². The molecule has 0 spiro atoms. The van der Waals surface area contributed by atoms with Crippen LogP contribution in [0.15, 0.2) is 0 Å². The van der Waals surface area contributed by atoms with Crippen molar-refractivity contribution in [1.82, 2.24) is 5.32 Å². The number of nitrogens with two attached hydrogens (primary N) is 1. The van der Waals surface area contributed by atoms with E-state index in [1.807, 2.05) is 5.32 Å². The van der Waals surface area contributed by atoms with E-state index in [1.165, 1.54) is 0 Å². The lowest BCUT2D eigenvalue weighted by Gasteiger charge is -2.13. The van der Waals surface area contributed by atoms with Gasteiger partial charge in [0.25, 0.3) is 10.1 Å². The molecule has 0 fully saturated rings. The Labute approximate surface area is 108 Å². The molecule has 0 aliphatic carbocycles. The van der Waals surface area contributed by atoms with Crippen molar-refractivity contribution in [2.24, 2.45) is 5.73 Å². The van der Waals surface area contributed by atoms with Crippen molar-refractivity contribution >= 4 is 28.0 Å². The topological polar surface area (TPSA) is 184 Å². The zero-order valence-corrected chi connectivity index (χ0v) is 10.5. The van der Waals surface area contributed by atoms with Gasteiger partial charge in [0.15, 0.2) is 0 Å². The fourth-order valence-corrected chi connectivity index (χ4v) is 1.71. The molecule has 0 heterocycles. The molecule has 0 radical (unpaired) electrons. The maximum Gasteiger partial charge on any atom is 0.327 e. The van der Waals surface area contributed by atoms with E-state index in [0.29, 0.717) is 0 Å². The Morgan fingerprint density at radius 3 is 2.05 bits per heavy atom. The summed E-state index contributed by atoms with van der Waals surface area (Å²) < 4.78 is 29.6. The van der Waals surface area contributed by atoms with E-state index in [9.17, 15) is 22.8 Å². The predicted octanol–water partition coefficient (Wildman–Crippen LogP) is -2.36. The highest BCUT2D eigenvalue weighted by Crippen LogP contribution is 1.98. The summed E-state index contributed by atoms with van der Waals surface area (Å²) in [6.45, 7) is 0. The Morgan fingerprint density at radius 2 is 1.68 bits per heavy atom. The first-order chi connectivity index (χ1) is 8.53. The number of hydrogen-bond donors (Lipinski definition) is 5. The SMILES string of the molecule is N[C@@H](CCC(=O)N[C@@H](CS(=O)(=O)O)C(=O)O)C(=O)O. The number of nitrogens with one attached hydrogen (secondary N) is 1. The zero-order chi connectivity index (χ0) is 15.2. The van der Waals surface area contributed by atoms with Crippen LogP contribution in [0.2, 0.25) is 0 Å². The normalized spacial score (nSPS) is 14.4. The number of amides is 1. The number of carbonyl (C=O) groups excluding carboxylic acids is 1. The summed E-state index contributed by atoms with van der Waals surface area (Å²) in [5.74, 6) is -5.03. The van der Waals surface area contributed by atoms with Crippen molar-refractivity contribution in [2.45, 2.75) is 24.9 Å². The second kappa shape index (κ2) is 7.01. The predicted molar refractivity (Wildman–Crippen MR) is 60.8 cm³/mol. The number of carboxylic acids is 2. The molecule has 0 aromatic heterocycles. The van der Waals surface area contributed by atoms with E-state index < -0.39 is 45.8 Å². The Balaban J connectivity index is 4.41. The lowest BCUT2D eigenvalue weighted by atomic mass is 10.1. The lowest BCUT2D eigenvalue weighted by Crippen LogP contribution is -2.45. The quantitative estimate of drug-likeness (QED) is 0.305. The minimum atomic E-state index is -4.57. The van der Waals surface area contributed by atoms with Crippen LogP contribution in [0.5, 0.6) is 0 Å². The van der Waals surface area contributed by atoms with Crippen LogP contribution in [-0.4, -0.2) is 58.9 Å². The molecule has 0 aromatic rings. The Hall–Kier alpha value is -1.72. The fourth-order valence-electron chi connectivity index (χ4n) is 1.06. The molecule has 0 saturated carbocycles. The molecular formula is C8H14N2O8S. The van der Waals surface area contributed by atoms with Crippen LogP contribution in [0.4, 0.5) is 0 Å². The van der Waals surface area contributed by atoms with Gasteiger partial charge in [-0.1, -0.05) is 0 Å². The van der Waals surface area contributed by atoms with Crippen LogP contribution in [0.1, 0.15) is 12.8 Å². The van der Waals surface area contributed by atoms with E-state index in [2.05, 4.69) is 0 Å². The van der Waals surface area contributed by atoms with Gasteiger partial charge in [0.2, 0.25) is 5.91 Å². The minimum absolute atomic E-state index is 0.237. The average molecular weight is 298 g/mol. The first-order valence-electron chi connectivity index (χ1n) is 4.98. The van der Waals surface area contributed by atoms with Crippen LogP contribution in [0.3, 0.4) is 0 Å². The minimum Gasteiger partial charge on any atom is -0.480 e. The number of rotatable bonds is 8. The van der Waals surface area contributed by atoms with Crippen LogP contribution in [-0.2, 0) is 24.5 Å². The first-order valence-corrected chi connectivity index (χ1v) is 6.59. The van der Waals surface area contributed by atoms with Crippen LogP contribution >= 0.6 is 0 Å². The van der Waals surface area contributed by atoms with E-state index in [0.717, 1.165) is 0 Å². The molecule has 2 atom stereocenters. The molecule has 0 aromatic carbocycles. The van der Waals surface area contributed by atoms with Crippen molar-refractivity contribution in [3.8, 4) is 0 Å². The van der Waals surface area contributed by atoms with Crippen molar-refractivity contribution in [2.75, 3.05) is 5.75 Å². The van der Waals surface area contributed by atoms with Gasteiger partial charge in [-0.3, -0.25) is 14.1 Å². The summed E-state index contributed by atoms with van der Waals surface area (Å²) in [6.07, 6.45) is -0.623. The zero-order valence-electron chi connectivity index (χ0n) is 9.64. The molecule has 0 aliphatic heterocycles. The summed E-state index contributed by atoms with van der Waals surface area (Å²) in [4.78, 5) is 32.3. The standard InChI is InChI=1S/C8H14N2O8S/c9-4(7(12)13)1-2-6(11)10-5(8(14)15)3-19(16,17)18/h4-5H,1-3,9H2,(H,10,11)(H,12,13)(H,14,15)(H,16,17,18)/t4-,5-/m0/s1. The van der Waals surface area contributed by atoms with Gasteiger partial charge in [-0.15, -0.1) is 0 Å². The van der Waals surface area contributed by atoms with E-state index >= 15 is 0 Å². The fraction of sp³-hybridized carbons (Fsp3) is 0.625. The summed E-state index contributed by atoms with van der Waals surface area (Å²) in [5.41, 5.74) is 5.13. The third kappa shape index (κ3) is 8.07. The van der Waals surface area contributed by atoms with Crippen LogP contribution < -0.4 is 11.1 Å². The van der Waals surface area contributed by atoms with Crippen molar-refractivity contribution < 1.29 is 37.6 Å². The lowest BCUT2D eigenvalue weighted by molar-refractivity contribution is -0.142. The van der Waals surface area contributed by atoms with Crippen LogP contribution in [0, 0.1) is 0 Å². The van der Waals surface area contributed by atoms with Gasteiger partial charge >= 0.3 is 11.9 Å². The molecule has 0 aliphatic rings. The second-order valence-electron chi connectivity index (χ2n) is 3.69. The molecule has 10 nitrogen and oxygen atoms in total. The maximum atomic E-state index is 11.3. The first kappa shape index (κ1) is 17.3. The monoisotopic (exact) mass is 298 g/mol. The van der Waals surface area contributed by atoms with Crippen molar-refractivity contribution in [1.29, 1.82) is 0 Å². The third-order valence-corrected chi connectivity index (χ3v) is 2.76. The molecule has 6 N–H and O–H groups in total. The number of hydrogen-bond acceptors (Lipinski definition) is 6. The third-order valence-electron chi connectivity index (χ3n) is 2.01. The average Bonchev–Trinajstić information content (AvgIpc) is 2.22. The van der Waals surface area contributed by atoms with Crippen molar-refractivity contribution in [3.05, 3.63) is 0 Å². The van der Waals surface area contributed by atoms with Gasteiger partial charge in [-0.2, -0.15) is 8.42 Å². The molecule has 0 rings (SSSR count). The molecule has 0 saturated heterocycles. The van der Waals surface area contributed by atoms with Gasteiger partial charge in [0, 0.05) is 6.42 Å². The largest absolute Gasteiger partial charge is 0.480 e. The maximum absolute atomic E-state index is 11.3. The summed E-state index contributed by atoms with van der Waals surface area (Å²) in [7, 11) is -4.57. The second-order valence-corrected chi connectivity index (χ2v) is 5.19. The van der Waals surface area contributed by atoms with E-state index in [4.69, 9.17) is 20.5 Å². The Bertz CT molecular complexity index is 459. The molecule has 1 amide bonds. The highest BCUT2D eigenvalue weighted by Gasteiger charge is 2.26. The molecule has 0 bridgehead atoms. The number of carboxylic acid groups (broad SMARTS) is 2. The Morgan fingerprint density at radius 1 is 1.16 bits per heavy atom. The highest BCUT2D eigenvalue weighted by atomic mass is 32.2. The summed E-state index contributed by atoms with van der Waals surface area (Å²) in [6, 6.07) is -3.10. The number of aliphatic carboxylic acids is 2. The smallest absolute Gasteiger partial charge is 0.327 e. The summed E-state index contributed by atoms with van der Waals surface area (Å²) >= 11 is 0. The van der Waals surface area contributed by atoms with E-state index in [1.54, 1.807) is 0 Å². The van der Waals surface area contributed by atoms with Gasteiger partial charge in [0.1, 0.15) is 17.8 Å². The molecule has 0 unspecified atom stereocenters. The van der Waals surface area contributed by atoms with Gasteiger partial charge in [-0.05, 0) is 6.42 Å². The molecule has 110 valence electrons. The number of carbonyl (C=O) groups is 3. The van der Waals surface area contributed by atoms with Gasteiger partial charge in [-0.25, -0.2) is 4.79 Å². The molecular weight excluding hydrogens is 284 g/mol. The van der Waals surface area contributed by atoms with Gasteiger partial charge < -0.3 is 21.3 Å². The molecule has 11 heteroatoms. The highest BCUT2D eigenvalue weighted by molar-refractivity contribution is 7.85.